The zero-order valence-corrected chi connectivity index (χ0v) is 9.69. The van der Waals surface area contributed by atoms with E-state index in [9.17, 15) is 4.79 Å². The van der Waals surface area contributed by atoms with Crippen molar-refractivity contribution in [2.75, 3.05) is 13.7 Å². The van der Waals surface area contributed by atoms with Gasteiger partial charge in [0.2, 0.25) is 0 Å². The number of ether oxygens (including phenoxy) is 2. The molecule has 0 amide bonds. The van der Waals surface area contributed by atoms with Crippen molar-refractivity contribution in [2.45, 2.75) is 13.8 Å². The molecule has 0 N–H and O–H groups in total. The quantitative estimate of drug-likeness (QED) is 0.575. The van der Waals surface area contributed by atoms with Crippen LogP contribution in [0, 0.1) is 6.92 Å². The van der Waals surface area contributed by atoms with Crippen LogP contribution in [-0.4, -0.2) is 24.7 Å². The number of methoxy groups -OCH3 is 1. The van der Waals surface area contributed by atoms with E-state index in [0.29, 0.717) is 17.9 Å². The van der Waals surface area contributed by atoms with Crippen LogP contribution in [0.1, 0.15) is 12.6 Å². The summed E-state index contributed by atoms with van der Waals surface area (Å²) in [6.45, 7) is 3.92. The second-order valence-corrected chi connectivity index (χ2v) is 3.33. The van der Waals surface area contributed by atoms with Crippen LogP contribution >= 0.6 is 0 Å². The molecule has 0 aliphatic heterocycles. The van der Waals surface area contributed by atoms with Crippen LogP contribution < -0.4 is 4.74 Å². The van der Waals surface area contributed by atoms with Gasteiger partial charge in [-0.2, -0.15) is 0 Å². The Bertz CT molecular complexity index is 382. The highest BCUT2D eigenvalue weighted by molar-refractivity contribution is 5.87. The lowest BCUT2D eigenvalue weighted by molar-refractivity contribution is -0.136. The molecule has 86 valence electrons. The fraction of sp³-hybridized carbons (Fsp3) is 0.333. The van der Waals surface area contributed by atoms with Crippen LogP contribution in [-0.2, 0) is 9.53 Å². The van der Waals surface area contributed by atoms with Crippen LogP contribution in [0.15, 0.2) is 30.0 Å². The third kappa shape index (κ3) is 3.73. The van der Waals surface area contributed by atoms with Gasteiger partial charge in [-0.3, -0.25) is 4.98 Å². The predicted octanol–water partition coefficient (Wildman–Crippen LogP) is 1.89. The van der Waals surface area contributed by atoms with Gasteiger partial charge in [0.15, 0.2) is 0 Å². The summed E-state index contributed by atoms with van der Waals surface area (Å²) >= 11 is 0. The molecule has 4 nitrogen and oxygen atoms in total. The summed E-state index contributed by atoms with van der Waals surface area (Å²) in [5.74, 6) is 0.338. The third-order valence-electron chi connectivity index (χ3n) is 2.03. The molecule has 0 saturated carbocycles. The molecule has 0 saturated heterocycles. The molecule has 0 fully saturated rings. The largest absolute Gasteiger partial charge is 0.488 e. The molecule has 1 rings (SSSR count). The molecule has 1 heterocycles. The molecule has 4 heteroatoms. The number of carbonyl (C=O) groups excluding carboxylic acids is 1. The van der Waals surface area contributed by atoms with E-state index >= 15 is 0 Å². The van der Waals surface area contributed by atoms with Crippen LogP contribution in [0.4, 0.5) is 0 Å². The number of hydrogen-bond donors (Lipinski definition) is 0. The highest BCUT2D eigenvalue weighted by Gasteiger charge is 2.01. The van der Waals surface area contributed by atoms with Crippen molar-refractivity contribution in [2.24, 2.45) is 0 Å². The maximum Gasteiger partial charge on any atom is 0.333 e. The van der Waals surface area contributed by atoms with Gasteiger partial charge in [0.1, 0.15) is 12.4 Å². The number of rotatable bonds is 4. The van der Waals surface area contributed by atoms with Crippen LogP contribution in [0.3, 0.4) is 0 Å². The molecule has 1 aromatic rings. The van der Waals surface area contributed by atoms with Crippen molar-refractivity contribution in [1.82, 2.24) is 4.98 Å². The molecule has 0 aliphatic carbocycles. The summed E-state index contributed by atoms with van der Waals surface area (Å²) in [4.78, 5) is 15.1. The summed E-state index contributed by atoms with van der Waals surface area (Å²) in [6.07, 6.45) is 3.32. The smallest absolute Gasteiger partial charge is 0.333 e. The maximum atomic E-state index is 11.0. The lowest BCUT2D eigenvalue weighted by atomic mass is 10.3. The molecule has 16 heavy (non-hydrogen) atoms. The Labute approximate surface area is 94.9 Å². The Balaban J connectivity index is 2.46. The van der Waals surface area contributed by atoms with Gasteiger partial charge in [-0.1, -0.05) is 0 Å². The third-order valence-corrected chi connectivity index (χ3v) is 2.03. The van der Waals surface area contributed by atoms with Crippen molar-refractivity contribution in [3.05, 3.63) is 35.7 Å². The summed E-state index contributed by atoms with van der Waals surface area (Å²) in [5.41, 5.74) is 1.47. The van der Waals surface area contributed by atoms with E-state index in [2.05, 4.69) is 9.72 Å². The van der Waals surface area contributed by atoms with E-state index in [1.807, 2.05) is 19.1 Å². The number of carbonyl (C=O) groups is 1. The summed E-state index contributed by atoms with van der Waals surface area (Å²) in [7, 11) is 1.35. The number of hydrogen-bond acceptors (Lipinski definition) is 4. The van der Waals surface area contributed by atoms with E-state index in [4.69, 9.17) is 4.74 Å². The molecule has 0 bridgehead atoms. The van der Waals surface area contributed by atoms with Gasteiger partial charge in [-0.15, -0.1) is 0 Å². The summed E-state index contributed by atoms with van der Waals surface area (Å²) in [6, 6.07) is 3.70. The molecule has 1 aromatic heterocycles. The normalized spacial score (nSPS) is 11.1. The first kappa shape index (κ1) is 12.2. The molecular weight excluding hydrogens is 206 g/mol. The first-order valence-electron chi connectivity index (χ1n) is 4.94. The molecule has 0 radical (unpaired) electrons. The SMILES string of the molecule is COC(=O)C(C)=CCOc1ccc(C)nc1. The van der Waals surface area contributed by atoms with Crippen molar-refractivity contribution in [1.29, 1.82) is 0 Å². The van der Waals surface area contributed by atoms with E-state index in [1.165, 1.54) is 7.11 Å². The van der Waals surface area contributed by atoms with E-state index in [1.54, 1.807) is 19.2 Å². The van der Waals surface area contributed by atoms with Gasteiger partial charge in [0.25, 0.3) is 0 Å². The fourth-order valence-electron chi connectivity index (χ4n) is 1.05. The Hall–Kier alpha value is -1.84. The average molecular weight is 221 g/mol. The zero-order chi connectivity index (χ0) is 12.0. The molecule has 0 aliphatic rings. The minimum absolute atomic E-state index is 0.325. The highest BCUT2D eigenvalue weighted by atomic mass is 16.5. The molecule has 0 unspecified atom stereocenters. The van der Waals surface area contributed by atoms with Crippen LogP contribution in [0.5, 0.6) is 5.75 Å². The van der Waals surface area contributed by atoms with Gasteiger partial charge >= 0.3 is 5.97 Å². The number of aromatic nitrogens is 1. The topological polar surface area (TPSA) is 48.4 Å². The van der Waals surface area contributed by atoms with Gasteiger partial charge < -0.3 is 9.47 Å². The second kappa shape index (κ2) is 5.90. The molecular formula is C12H15NO3. The van der Waals surface area contributed by atoms with Crippen molar-refractivity contribution in [3.8, 4) is 5.75 Å². The Morgan fingerprint density at radius 1 is 1.50 bits per heavy atom. The molecule has 0 spiro atoms. The first-order valence-corrected chi connectivity index (χ1v) is 4.94. The molecule has 0 aromatic carbocycles. The van der Waals surface area contributed by atoms with Gasteiger partial charge in [-0.25, -0.2) is 4.79 Å². The second-order valence-electron chi connectivity index (χ2n) is 3.33. The van der Waals surface area contributed by atoms with E-state index in [-0.39, 0.29) is 5.97 Å². The maximum absolute atomic E-state index is 11.0. The zero-order valence-electron chi connectivity index (χ0n) is 9.69. The Morgan fingerprint density at radius 3 is 2.81 bits per heavy atom. The standard InChI is InChI=1S/C12H15NO3/c1-9(12(14)15-3)6-7-16-11-5-4-10(2)13-8-11/h4-6,8H,7H2,1-3H3. The summed E-state index contributed by atoms with van der Waals surface area (Å²) < 4.78 is 9.93. The van der Waals surface area contributed by atoms with Gasteiger partial charge in [0.05, 0.1) is 13.3 Å². The minimum Gasteiger partial charge on any atom is -0.488 e. The number of nitrogens with zero attached hydrogens (tertiary/aromatic N) is 1. The lowest BCUT2D eigenvalue weighted by Gasteiger charge is -2.03. The Kier molecular flexibility index (Phi) is 4.51. The monoisotopic (exact) mass is 221 g/mol. The lowest BCUT2D eigenvalue weighted by Crippen LogP contribution is -2.04. The number of pyridine rings is 1. The number of aryl methyl sites for hydroxylation is 1. The van der Waals surface area contributed by atoms with Gasteiger partial charge in [-0.05, 0) is 32.1 Å². The van der Waals surface area contributed by atoms with Crippen LogP contribution in [0.2, 0.25) is 0 Å². The highest BCUT2D eigenvalue weighted by Crippen LogP contribution is 2.08. The van der Waals surface area contributed by atoms with Crippen molar-refractivity contribution in [3.63, 3.8) is 0 Å². The van der Waals surface area contributed by atoms with Crippen molar-refractivity contribution >= 4 is 5.97 Å². The molecule has 0 atom stereocenters. The van der Waals surface area contributed by atoms with E-state index in [0.717, 1.165) is 5.69 Å². The van der Waals surface area contributed by atoms with Gasteiger partial charge in [0, 0.05) is 11.3 Å². The summed E-state index contributed by atoms with van der Waals surface area (Å²) in [5, 5.41) is 0. The average Bonchev–Trinajstić information content (AvgIpc) is 2.30. The van der Waals surface area contributed by atoms with Crippen molar-refractivity contribution < 1.29 is 14.3 Å². The van der Waals surface area contributed by atoms with Crippen LogP contribution in [0.25, 0.3) is 0 Å². The predicted molar refractivity (Wildman–Crippen MR) is 60.2 cm³/mol. The Morgan fingerprint density at radius 2 is 2.25 bits per heavy atom. The van der Waals surface area contributed by atoms with E-state index < -0.39 is 0 Å². The number of esters is 1. The minimum atomic E-state index is -0.342. The fourth-order valence-corrected chi connectivity index (χ4v) is 1.05. The first-order chi connectivity index (χ1) is 7.63.